The minimum absolute atomic E-state index is 0.868. The lowest BCUT2D eigenvalue weighted by molar-refractivity contribution is 0.244. The van der Waals surface area contributed by atoms with Crippen molar-refractivity contribution in [3.05, 3.63) is 29.8 Å². The van der Waals surface area contributed by atoms with E-state index in [1.165, 1.54) is 18.7 Å². The number of piperazine rings is 1. The Hall–Kier alpha value is -1.06. The third-order valence-corrected chi connectivity index (χ3v) is 2.88. The van der Waals surface area contributed by atoms with E-state index in [1.54, 1.807) is 0 Å². The van der Waals surface area contributed by atoms with Crippen molar-refractivity contribution in [2.24, 2.45) is 0 Å². The maximum Gasteiger partial charge on any atom is 0.0316 e. The Morgan fingerprint density at radius 2 is 2.07 bits per heavy atom. The average molecular weight is 205 g/mol. The van der Waals surface area contributed by atoms with Gasteiger partial charge in [0.1, 0.15) is 0 Å². The molecule has 82 valence electrons. The number of rotatable bonds is 3. The standard InChI is InChI=1S/C12H19N3/c13-12-3-1-2-11(10-12)4-7-15-8-5-14-6-9-15/h1-3,10,14H,4-9,13H2. The van der Waals surface area contributed by atoms with Gasteiger partial charge in [0.15, 0.2) is 0 Å². The van der Waals surface area contributed by atoms with Crippen LogP contribution >= 0.6 is 0 Å². The summed E-state index contributed by atoms with van der Waals surface area (Å²) >= 11 is 0. The number of hydrogen-bond donors (Lipinski definition) is 2. The highest BCUT2D eigenvalue weighted by molar-refractivity contribution is 5.40. The van der Waals surface area contributed by atoms with E-state index in [0.29, 0.717) is 0 Å². The van der Waals surface area contributed by atoms with Crippen molar-refractivity contribution in [3.63, 3.8) is 0 Å². The Morgan fingerprint density at radius 3 is 2.80 bits per heavy atom. The number of nitrogen functional groups attached to an aromatic ring is 1. The van der Waals surface area contributed by atoms with Gasteiger partial charge in [0.2, 0.25) is 0 Å². The van der Waals surface area contributed by atoms with Gasteiger partial charge < -0.3 is 16.0 Å². The van der Waals surface area contributed by atoms with Crippen LogP contribution in [0.2, 0.25) is 0 Å². The molecule has 0 aromatic heterocycles. The van der Waals surface area contributed by atoms with Gasteiger partial charge in [-0.15, -0.1) is 0 Å². The third kappa shape index (κ3) is 3.22. The quantitative estimate of drug-likeness (QED) is 0.714. The molecule has 0 radical (unpaired) electrons. The van der Waals surface area contributed by atoms with E-state index in [0.717, 1.165) is 31.7 Å². The van der Waals surface area contributed by atoms with Crippen LogP contribution < -0.4 is 11.1 Å². The first-order valence-electron chi connectivity index (χ1n) is 5.62. The van der Waals surface area contributed by atoms with Crippen LogP contribution in [0.1, 0.15) is 5.56 Å². The predicted octanol–water partition coefficient (Wildman–Crippen LogP) is 0.716. The van der Waals surface area contributed by atoms with E-state index in [-0.39, 0.29) is 0 Å². The van der Waals surface area contributed by atoms with Crippen molar-refractivity contribution in [2.45, 2.75) is 6.42 Å². The van der Waals surface area contributed by atoms with Gasteiger partial charge in [-0.25, -0.2) is 0 Å². The monoisotopic (exact) mass is 205 g/mol. The molecule has 0 aliphatic carbocycles. The summed E-state index contributed by atoms with van der Waals surface area (Å²) in [5.74, 6) is 0. The Morgan fingerprint density at radius 1 is 1.27 bits per heavy atom. The first-order valence-corrected chi connectivity index (χ1v) is 5.62. The minimum atomic E-state index is 0.868. The molecule has 1 aliphatic rings. The van der Waals surface area contributed by atoms with Crippen molar-refractivity contribution >= 4 is 5.69 Å². The topological polar surface area (TPSA) is 41.3 Å². The van der Waals surface area contributed by atoms with Crippen LogP contribution in [0.4, 0.5) is 5.69 Å². The molecular weight excluding hydrogens is 186 g/mol. The lowest BCUT2D eigenvalue weighted by Gasteiger charge is -2.27. The molecule has 2 rings (SSSR count). The van der Waals surface area contributed by atoms with E-state index in [9.17, 15) is 0 Å². The first kappa shape index (κ1) is 10.5. The van der Waals surface area contributed by atoms with Gasteiger partial charge in [0.25, 0.3) is 0 Å². The van der Waals surface area contributed by atoms with Crippen LogP contribution in [-0.2, 0) is 6.42 Å². The van der Waals surface area contributed by atoms with Gasteiger partial charge in [0, 0.05) is 38.4 Å². The molecule has 0 unspecified atom stereocenters. The number of anilines is 1. The van der Waals surface area contributed by atoms with Crippen LogP contribution in [-0.4, -0.2) is 37.6 Å². The summed E-state index contributed by atoms with van der Waals surface area (Å²) in [6.07, 6.45) is 1.10. The van der Waals surface area contributed by atoms with Gasteiger partial charge in [0.05, 0.1) is 0 Å². The summed E-state index contributed by atoms with van der Waals surface area (Å²) in [6, 6.07) is 8.19. The van der Waals surface area contributed by atoms with Crippen molar-refractivity contribution in [1.82, 2.24) is 10.2 Å². The zero-order valence-corrected chi connectivity index (χ0v) is 9.08. The van der Waals surface area contributed by atoms with Gasteiger partial charge in [-0.1, -0.05) is 12.1 Å². The summed E-state index contributed by atoms with van der Waals surface area (Å²) < 4.78 is 0. The van der Waals surface area contributed by atoms with Gasteiger partial charge >= 0.3 is 0 Å². The zero-order valence-electron chi connectivity index (χ0n) is 9.08. The molecule has 3 nitrogen and oxygen atoms in total. The van der Waals surface area contributed by atoms with Crippen molar-refractivity contribution in [1.29, 1.82) is 0 Å². The first-order chi connectivity index (χ1) is 7.34. The van der Waals surface area contributed by atoms with Crippen LogP contribution in [0.5, 0.6) is 0 Å². The molecule has 1 heterocycles. The number of nitrogens with two attached hydrogens (primary N) is 1. The van der Waals surface area contributed by atoms with E-state index in [1.807, 2.05) is 12.1 Å². The second-order valence-corrected chi connectivity index (χ2v) is 4.09. The maximum atomic E-state index is 5.74. The number of hydrogen-bond acceptors (Lipinski definition) is 3. The molecule has 0 spiro atoms. The normalized spacial score (nSPS) is 17.9. The number of nitrogens with zero attached hydrogens (tertiary/aromatic N) is 1. The molecule has 0 saturated carbocycles. The summed E-state index contributed by atoms with van der Waals surface area (Å²) in [5.41, 5.74) is 7.95. The van der Waals surface area contributed by atoms with Crippen LogP contribution in [0.25, 0.3) is 0 Å². The molecule has 1 saturated heterocycles. The summed E-state index contributed by atoms with van der Waals surface area (Å²) in [5, 5.41) is 3.36. The largest absolute Gasteiger partial charge is 0.399 e. The predicted molar refractivity (Wildman–Crippen MR) is 63.9 cm³/mol. The van der Waals surface area contributed by atoms with E-state index in [2.05, 4.69) is 22.3 Å². The van der Waals surface area contributed by atoms with Gasteiger partial charge in [-0.2, -0.15) is 0 Å². The molecule has 3 N–H and O–H groups in total. The highest BCUT2D eigenvalue weighted by atomic mass is 15.2. The number of nitrogens with one attached hydrogen (secondary N) is 1. The lowest BCUT2D eigenvalue weighted by Crippen LogP contribution is -2.44. The van der Waals surface area contributed by atoms with Crippen molar-refractivity contribution in [2.75, 3.05) is 38.5 Å². The Labute approximate surface area is 91.3 Å². The fourth-order valence-electron chi connectivity index (χ4n) is 1.97. The molecule has 1 aromatic carbocycles. The Kier molecular flexibility index (Phi) is 3.59. The Balaban J connectivity index is 1.81. The molecule has 1 fully saturated rings. The zero-order chi connectivity index (χ0) is 10.5. The number of benzene rings is 1. The molecule has 0 bridgehead atoms. The second-order valence-electron chi connectivity index (χ2n) is 4.09. The van der Waals surface area contributed by atoms with Crippen LogP contribution in [0.3, 0.4) is 0 Å². The average Bonchev–Trinajstić information content (AvgIpc) is 2.28. The smallest absolute Gasteiger partial charge is 0.0316 e. The highest BCUT2D eigenvalue weighted by Gasteiger charge is 2.08. The van der Waals surface area contributed by atoms with Crippen molar-refractivity contribution in [3.8, 4) is 0 Å². The summed E-state index contributed by atoms with van der Waals surface area (Å²) in [7, 11) is 0. The minimum Gasteiger partial charge on any atom is -0.399 e. The van der Waals surface area contributed by atoms with Gasteiger partial charge in [-0.3, -0.25) is 0 Å². The SMILES string of the molecule is Nc1cccc(CCN2CCNCC2)c1. The van der Waals surface area contributed by atoms with E-state index < -0.39 is 0 Å². The summed E-state index contributed by atoms with van der Waals surface area (Å²) in [6.45, 7) is 5.73. The van der Waals surface area contributed by atoms with Crippen molar-refractivity contribution < 1.29 is 0 Å². The fraction of sp³-hybridized carbons (Fsp3) is 0.500. The summed E-state index contributed by atoms with van der Waals surface area (Å²) in [4.78, 5) is 2.50. The second kappa shape index (κ2) is 5.14. The van der Waals surface area contributed by atoms with E-state index in [4.69, 9.17) is 5.73 Å². The highest BCUT2D eigenvalue weighted by Crippen LogP contribution is 2.08. The molecule has 3 heteroatoms. The molecule has 15 heavy (non-hydrogen) atoms. The van der Waals surface area contributed by atoms with Crippen LogP contribution in [0, 0.1) is 0 Å². The molecule has 1 aromatic rings. The molecular formula is C12H19N3. The fourth-order valence-corrected chi connectivity index (χ4v) is 1.97. The van der Waals surface area contributed by atoms with E-state index >= 15 is 0 Å². The lowest BCUT2D eigenvalue weighted by atomic mass is 10.1. The molecule has 1 aliphatic heterocycles. The third-order valence-electron chi connectivity index (χ3n) is 2.88. The molecule has 0 atom stereocenters. The molecule has 0 amide bonds. The Bertz CT molecular complexity index is 305. The van der Waals surface area contributed by atoms with Gasteiger partial charge in [-0.05, 0) is 24.1 Å². The van der Waals surface area contributed by atoms with Crippen LogP contribution in [0.15, 0.2) is 24.3 Å². The maximum absolute atomic E-state index is 5.74.